The van der Waals surface area contributed by atoms with Crippen LogP contribution >= 0.6 is 0 Å². The molecule has 1 aliphatic heterocycles. The molecule has 0 saturated heterocycles. The van der Waals surface area contributed by atoms with Crippen molar-refractivity contribution in [2.45, 2.75) is 25.3 Å². The number of hydrogen-bond acceptors (Lipinski definition) is 3. The van der Waals surface area contributed by atoms with Gasteiger partial charge in [-0.15, -0.1) is 0 Å². The van der Waals surface area contributed by atoms with Crippen LogP contribution < -0.4 is 15.2 Å². The van der Waals surface area contributed by atoms with Crippen LogP contribution in [-0.4, -0.2) is 13.2 Å². The van der Waals surface area contributed by atoms with Gasteiger partial charge >= 0.3 is 0 Å². The van der Waals surface area contributed by atoms with Crippen LogP contribution in [0.3, 0.4) is 0 Å². The first-order valence-corrected chi connectivity index (χ1v) is 5.89. The lowest BCUT2D eigenvalue weighted by Gasteiger charge is -2.45. The van der Waals surface area contributed by atoms with Crippen molar-refractivity contribution < 1.29 is 9.47 Å². The fourth-order valence-electron chi connectivity index (χ4n) is 2.51. The van der Waals surface area contributed by atoms with E-state index in [1.165, 1.54) is 12.0 Å². The molecule has 3 nitrogen and oxygen atoms in total. The number of benzene rings is 1. The third-order valence-corrected chi connectivity index (χ3v) is 3.95. The molecule has 1 aromatic rings. The third kappa shape index (κ3) is 1.31. The highest BCUT2D eigenvalue weighted by molar-refractivity contribution is 5.46. The zero-order chi connectivity index (χ0) is 11.2. The second-order valence-corrected chi connectivity index (χ2v) is 4.84. The lowest BCUT2D eigenvalue weighted by Crippen LogP contribution is -2.50. The topological polar surface area (TPSA) is 44.5 Å². The van der Waals surface area contributed by atoms with Gasteiger partial charge in [0.1, 0.15) is 13.2 Å². The smallest absolute Gasteiger partial charge is 0.161 e. The maximum atomic E-state index is 6.40. The van der Waals surface area contributed by atoms with Gasteiger partial charge in [-0.05, 0) is 36.5 Å². The van der Waals surface area contributed by atoms with E-state index in [0.29, 0.717) is 19.1 Å². The van der Waals surface area contributed by atoms with Gasteiger partial charge in [0.25, 0.3) is 0 Å². The number of rotatable bonds is 1. The molecular formula is C13H17NO2. The monoisotopic (exact) mass is 219 g/mol. The molecule has 1 heterocycles. The molecule has 1 saturated carbocycles. The Morgan fingerprint density at radius 2 is 2.00 bits per heavy atom. The van der Waals surface area contributed by atoms with Crippen molar-refractivity contribution in [2.75, 3.05) is 13.2 Å². The summed E-state index contributed by atoms with van der Waals surface area (Å²) in [5.74, 6) is 2.23. The fourth-order valence-corrected chi connectivity index (χ4v) is 2.51. The maximum absolute atomic E-state index is 6.40. The second-order valence-electron chi connectivity index (χ2n) is 4.84. The number of fused-ring (bicyclic) bond motifs is 1. The Hall–Kier alpha value is -1.22. The first-order valence-electron chi connectivity index (χ1n) is 5.89. The van der Waals surface area contributed by atoms with Gasteiger partial charge in [-0.2, -0.15) is 0 Å². The normalized spacial score (nSPS) is 32.0. The quantitative estimate of drug-likeness (QED) is 0.786. The first-order chi connectivity index (χ1) is 7.70. The molecule has 3 rings (SSSR count). The van der Waals surface area contributed by atoms with Crippen LogP contribution in [0.2, 0.25) is 0 Å². The summed E-state index contributed by atoms with van der Waals surface area (Å²) in [7, 11) is 0. The van der Waals surface area contributed by atoms with Crippen molar-refractivity contribution in [1.82, 2.24) is 0 Å². The molecule has 1 fully saturated rings. The molecule has 1 aromatic carbocycles. The van der Waals surface area contributed by atoms with E-state index in [4.69, 9.17) is 15.2 Å². The minimum absolute atomic E-state index is 0.157. The summed E-state index contributed by atoms with van der Waals surface area (Å²) in [5.41, 5.74) is 7.42. The highest BCUT2D eigenvalue weighted by Crippen LogP contribution is 2.46. The Morgan fingerprint density at radius 3 is 2.62 bits per heavy atom. The van der Waals surface area contributed by atoms with Crippen LogP contribution in [0, 0.1) is 5.92 Å². The predicted octanol–water partition coefficient (Wildman–Crippen LogP) is 2.04. The summed E-state index contributed by atoms with van der Waals surface area (Å²) in [5, 5.41) is 0. The minimum Gasteiger partial charge on any atom is -0.486 e. The standard InChI is InChI=1S/C13H17NO2/c1-9-4-5-13(9,14)10-2-3-11-12(8-10)16-7-6-15-11/h2-3,8-9H,4-7,14H2,1H3. The molecule has 1 aliphatic carbocycles. The van der Waals surface area contributed by atoms with Gasteiger partial charge in [0.05, 0.1) is 0 Å². The molecule has 2 aliphatic rings. The van der Waals surface area contributed by atoms with E-state index in [2.05, 4.69) is 13.0 Å². The molecule has 0 aromatic heterocycles. The van der Waals surface area contributed by atoms with Gasteiger partial charge in [0.15, 0.2) is 11.5 Å². The average Bonchev–Trinajstić information content (AvgIpc) is 2.35. The van der Waals surface area contributed by atoms with Crippen LogP contribution in [0.15, 0.2) is 18.2 Å². The minimum atomic E-state index is -0.157. The van der Waals surface area contributed by atoms with Gasteiger partial charge in [-0.3, -0.25) is 0 Å². The predicted molar refractivity (Wildman–Crippen MR) is 61.7 cm³/mol. The summed E-state index contributed by atoms with van der Waals surface area (Å²) in [6.45, 7) is 3.47. The van der Waals surface area contributed by atoms with Gasteiger partial charge < -0.3 is 15.2 Å². The largest absolute Gasteiger partial charge is 0.486 e. The number of nitrogens with two attached hydrogens (primary N) is 1. The molecule has 86 valence electrons. The van der Waals surface area contributed by atoms with Crippen molar-refractivity contribution in [3.63, 3.8) is 0 Å². The Morgan fingerprint density at radius 1 is 1.25 bits per heavy atom. The van der Waals surface area contributed by atoms with Gasteiger partial charge in [0, 0.05) is 5.54 Å². The molecule has 3 heteroatoms. The van der Waals surface area contributed by atoms with E-state index >= 15 is 0 Å². The second kappa shape index (κ2) is 3.39. The van der Waals surface area contributed by atoms with Gasteiger partial charge in [0.2, 0.25) is 0 Å². The molecule has 0 radical (unpaired) electrons. The highest BCUT2D eigenvalue weighted by Gasteiger charge is 2.42. The van der Waals surface area contributed by atoms with Gasteiger partial charge in [-0.25, -0.2) is 0 Å². The summed E-state index contributed by atoms with van der Waals surface area (Å²) >= 11 is 0. The first kappa shape index (κ1) is 9.97. The maximum Gasteiger partial charge on any atom is 0.161 e. The Kier molecular flexibility index (Phi) is 2.11. The van der Waals surface area contributed by atoms with E-state index in [9.17, 15) is 0 Å². The van der Waals surface area contributed by atoms with E-state index < -0.39 is 0 Å². The van der Waals surface area contributed by atoms with Crippen molar-refractivity contribution in [3.05, 3.63) is 23.8 Å². The van der Waals surface area contributed by atoms with E-state index in [1.54, 1.807) is 0 Å². The fraction of sp³-hybridized carbons (Fsp3) is 0.538. The van der Waals surface area contributed by atoms with Crippen molar-refractivity contribution in [2.24, 2.45) is 11.7 Å². The number of hydrogen-bond donors (Lipinski definition) is 1. The van der Waals surface area contributed by atoms with Crippen molar-refractivity contribution in [1.29, 1.82) is 0 Å². The van der Waals surface area contributed by atoms with Crippen molar-refractivity contribution in [3.8, 4) is 11.5 Å². The highest BCUT2D eigenvalue weighted by atomic mass is 16.6. The Bertz CT molecular complexity index is 418. The molecule has 2 atom stereocenters. The third-order valence-electron chi connectivity index (χ3n) is 3.95. The zero-order valence-electron chi connectivity index (χ0n) is 9.53. The summed E-state index contributed by atoms with van der Waals surface area (Å²) < 4.78 is 11.1. The molecule has 16 heavy (non-hydrogen) atoms. The Labute approximate surface area is 95.5 Å². The average molecular weight is 219 g/mol. The lowest BCUT2D eigenvalue weighted by atomic mass is 9.64. The summed E-state index contributed by atoms with van der Waals surface area (Å²) in [4.78, 5) is 0. The molecule has 0 bridgehead atoms. The summed E-state index contributed by atoms with van der Waals surface area (Å²) in [6, 6.07) is 6.09. The molecule has 0 spiro atoms. The van der Waals surface area contributed by atoms with Crippen LogP contribution in [0.4, 0.5) is 0 Å². The van der Waals surface area contributed by atoms with E-state index in [-0.39, 0.29) is 5.54 Å². The SMILES string of the molecule is CC1CCC1(N)c1ccc2c(c1)OCCO2. The molecule has 2 unspecified atom stereocenters. The van der Waals surface area contributed by atoms with Crippen LogP contribution in [0.5, 0.6) is 11.5 Å². The van der Waals surface area contributed by atoms with Gasteiger partial charge in [-0.1, -0.05) is 13.0 Å². The van der Waals surface area contributed by atoms with Crippen LogP contribution in [0.1, 0.15) is 25.3 Å². The van der Waals surface area contributed by atoms with Crippen LogP contribution in [-0.2, 0) is 5.54 Å². The summed E-state index contributed by atoms with van der Waals surface area (Å²) in [6.07, 6.45) is 2.28. The molecular weight excluding hydrogens is 202 g/mol. The van der Waals surface area contributed by atoms with Crippen LogP contribution in [0.25, 0.3) is 0 Å². The molecule has 0 amide bonds. The lowest BCUT2D eigenvalue weighted by molar-refractivity contribution is 0.141. The Balaban J connectivity index is 1.97. The number of ether oxygens (including phenoxy) is 2. The van der Waals surface area contributed by atoms with E-state index in [0.717, 1.165) is 17.9 Å². The molecule has 2 N–H and O–H groups in total. The van der Waals surface area contributed by atoms with Crippen molar-refractivity contribution >= 4 is 0 Å². The van der Waals surface area contributed by atoms with E-state index in [1.807, 2.05) is 12.1 Å². The zero-order valence-corrected chi connectivity index (χ0v) is 9.53.